The smallest absolute Gasteiger partial charge is 0.258 e. The molecule has 3 atom stereocenters. The summed E-state index contributed by atoms with van der Waals surface area (Å²) in [5.41, 5.74) is 0.363. The van der Waals surface area contributed by atoms with Crippen LogP contribution in [-0.2, 0) is 15.8 Å². The van der Waals surface area contributed by atoms with E-state index in [0.717, 1.165) is 19.3 Å². The quantitative estimate of drug-likeness (QED) is 0.667. The van der Waals surface area contributed by atoms with Crippen molar-refractivity contribution in [2.75, 3.05) is 0 Å². The van der Waals surface area contributed by atoms with Crippen molar-refractivity contribution in [3.8, 4) is 0 Å². The van der Waals surface area contributed by atoms with E-state index in [0.29, 0.717) is 17.4 Å². The van der Waals surface area contributed by atoms with Gasteiger partial charge in [0.25, 0.3) is 5.69 Å². The summed E-state index contributed by atoms with van der Waals surface area (Å²) < 4.78 is 27.3. The topological polar surface area (TPSA) is 89.3 Å². The molecule has 0 spiro atoms. The summed E-state index contributed by atoms with van der Waals surface area (Å²) in [5, 5.41) is 10.7. The maximum atomic E-state index is 12.2. The Morgan fingerprint density at radius 2 is 2.10 bits per heavy atom. The van der Waals surface area contributed by atoms with Crippen molar-refractivity contribution >= 4 is 15.7 Å². The van der Waals surface area contributed by atoms with Gasteiger partial charge in [0.15, 0.2) is 0 Å². The number of sulfonamides is 1. The highest BCUT2D eigenvalue weighted by Crippen LogP contribution is 2.44. The number of hydrogen-bond acceptors (Lipinski definition) is 4. The molecule has 1 aromatic rings. The van der Waals surface area contributed by atoms with Crippen LogP contribution in [0.3, 0.4) is 0 Å². The Bertz CT molecular complexity index is 659. The van der Waals surface area contributed by atoms with Crippen LogP contribution in [-0.4, -0.2) is 19.4 Å². The fourth-order valence-corrected chi connectivity index (χ4v) is 5.09. The highest BCUT2D eigenvalue weighted by atomic mass is 32.2. The molecule has 0 amide bonds. The number of nitro groups is 1. The first-order chi connectivity index (χ1) is 9.93. The predicted octanol–water partition coefficient (Wildman–Crippen LogP) is 2.20. The Hall–Kier alpha value is -1.47. The molecule has 0 radical (unpaired) electrons. The van der Waals surface area contributed by atoms with Gasteiger partial charge in [-0.05, 0) is 36.7 Å². The normalized spacial score (nSPS) is 27.9. The maximum absolute atomic E-state index is 12.2. The van der Waals surface area contributed by atoms with Crippen LogP contribution in [0.25, 0.3) is 0 Å². The van der Waals surface area contributed by atoms with Crippen molar-refractivity contribution in [2.45, 2.75) is 37.5 Å². The number of benzene rings is 1. The van der Waals surface area contributed by atoms with E-state index in [9.17, 15) is 18.5 Å². The molecule has 1 aromatic carbocycles. The molecule has 2 bridgehead atoms. The maximum Gasteiger partial charge on any atom is 0.269 e. The molecule has 2 fully saturated rings. The molecular formula is C14H18N2O4S. The fraction of sp³-hybridized carbons (Fsp3) is 0.571. The zero-order chi connectivity index (χ0) is 15.0. The standard InChI is InChI=1S/C14H18N2O4S/c17-16(18)13-3-1-2-11(7-13)9-21(19,20)15-14-8-10-4-5-12(14)6-10/h1-3,7,10,12,14-15H,4-6,8-9H2. The van der Waals surface area contributed by atoms with Gasteiger partial charge in [0, 0.05) is 18.2 Å². The fourth-order valence-electron chi connectivity index (χ4n) is 3.64. The van der Waals surface area contributed by atoms with Gasteiger partial charge in [0.1, 0.15) is 0 Å². The van der Waals surface area contributed by atoms with E-state index < -0.39 is 14.9 Å². The molecule has 0 saturated heterocycles. The van der Waals surface area contributed by atoms with E-state index in [1.807, 2.05) is 0 Å². The SMILES string of the molecule is O=[N+]([O-])c1cccc(CS(=O)(=O)NC2CC3CCC2C3)c1. The highest BCUT2D eigenvalue weighted by Gasteiger charge is 2.41. The van der Waals surface area contributed by atoms with Gasteiger partial charge in [0.05, 0.1) is 10.7 Å². The van der Waals surface area contributed by atoms with Crippen molar-refractivity contribution in [3.05, 3.63) is 39.9 Å². The Kier molecular flexibility index (Phi) is 3.71. The molecule has 2 saturated carbocycles. The van der Waals surface area contributed by atoms with Crippen molar-refractivity contribution in [1.29, 1.82) is 0 Å². The monoisotopic (exact) mass is 310 g/mol. The molecule has 114 valence electrons. The van der Waals surface area contributed by atoms with Gasteiger partial charge in [-0.1, -0.05) is 18.6 Å². The molecular weight excluding hydrogens is 292 g/mol. The van der Waals surface area contributed by atoms with Crippen LogP contribution < -0.4 is 4.72 Å². The van der Waals surface area contributed by atoms with Crippen LogP contribution in [0.15, 0.2) is 24.3 Å². The first kappa shape index (κ1) is 14.5. The summed E-state index contributed by atoms with van der Waals surface area (Å²) in [6, 6.07) is 5.85. The summed E-state index contributed by atoms with van der Waals surface area (Å²) in [7, 11) is -3.46. The molecule has 21 heavy (non-hydrogen) atoms. The molecule has 3 rings (SSSR count). The van der Waals surface area contributed by atoms with E-state index in [2.05, 4.69) is 4.72 Å². The Morgan fingerprint density at radius 1 is 1.29 bits per heavy atom. The van der Waals surface area contributed by atoms with Gasteiger partial charge >= 0.3 is 0 Å². The summed E-state index contributed by atoms with van der Waals surface area (Å²) in [6.45, 7) is 0. The second-order valence-electron chi connectivity index (χ2n) is 6.09. The van der Waals surface area contributed by atoms with Gasteiger partial charge in [-0.25, -0.2) is 13.1 Å². The predicted molar refractivity (Wildman–Crippen MR) is 78.1 cm³/mol. The summed E-state index contributed by atoms with van der Waals surface area (Å²) in [4.78, 5) is 10.2. The van der Waals surface area contributed by atoms with Gasteiger partial charge in [-0.15, -0.1) is 0 Å². The molecule has 6 nitrogen and oxygen atoms in total. The summed E-state index contributed by atoms with van der Waals surface area (Å²) in [5.74, 6) is 0.929. The number of nitrogens with zero attached hydrogens (tertiary/aromatic N) is 1. The van der Waals surface area contributed by atoms with Crippen LogP contribution >= 0.6 is 0 Å². The first-order valence-electron chi connectivity index (χ1n) is 7.16. The molecule has 0 aliphatic heterocycles. The van der Waals surface area contributed by atoms with Crippen molar-refractivity contribution in [3.63, 3.8) is 0 Å². The van der Waals surface area contributed by atoms with Crippen molar-refractivity contribution in [1.82, 2.24) is 4.72 Å². The van der Waals surface area contributed by atoms with E-state index >= 15 is 0 Å². The highest BCUT2D eigenvalue weighted by molar-refractivity contribution is 7.88. The van der Waals surface area contributed by atoms with E-state index in [-0.39, 0.29) is 17.5 Å². The molecule has 1 N–H and O–H groups in total. The van der Waals surface area contributed by atoms with E-state index in [1.165, 1.54) is 24.6 Å². The zero-order valence-corrected chi connectivity index (χ0v) is 12.4. The third-order valence-electron chi connectivity index (χ3n) is 4.55. The average Bonchev–Trinajstić information content (AvgIpc) is 3.00. The van der Waals surface area contributed by atoms with Gasteiger partial charge in [-0.3, -0.25) is 10.1 Å². The minimum absolute atomic E-state index is 0.0486. The minimum Gasteiger partial charge on any atom is -0.258 e. The lowest BCUT2D eigenvalue weighted by atomic mass is 9.96. The molecule has 0 heterocycles. The average molecular weight is 310 g/mol. The number of nitro benzene ring substituents is 1. The number of fused-ring (bicyclic) bond motifs is 2. The van der Waals surface area contributed by atoms with E-state index in [1.54, 1.807) is 6.07 Å². The molecule has 2 aliphatic carbocycles. The Morgan fingerprint density at radius 3 is 2.71 bits per heavy atom. The van der Waals surface area contributed by atoms with E-state index in [4.69, 9.17) is 0 Å². The van der Waals surface area contributed by atoms with Crippen LogP contribution in [0, 0.1) is 22.0 Å². The summed E-state index contributed by atoms with van der Waals surface area (Å²) in [6.07, 6.45) is 4.38. The number of non-ortho nitro benzene ring substituents is 1. The number of nitrogens with one attached hydrogen (secondary N) is 1. The zero-order valence-electron chi connectivity index (χ0n) is 11.6. The first-order valence-corrected chi connectivity index (χ1v) is 8.81. The second-order valence-corrected chi connectivity index (χ2v) is 7.84. The molecule has 3 unspecified atom stereocenters. The van der Waals surface area contributed by atoms with Gasteiger partial charge < -0.3 is 0 Å². The van der Waals surface area contributed by atoms with Crippen LogP contribution in [0.2, 0.25) is 0 Å². The lowest BCUT2D eigenvalue weighted by Gasteiger charge is -2.22. The van der Waals surface area contributed by atoms with Gasteiger partial charge in [-0.2, -0.15) is 0 Å². The van der Waals surface area contributed by atoms with Gasteiger partial charge in [0.2, 0.25) is 10.0 Å². The van der Waals surface area contributed by atoms with Crippen molar-refractivity contribution in [2.24, 2.45) is 11.8 Å². The summed E-state index contributed by atoms with van der Waals surface area (Å²) >= 11 is 0. The largest absolute Gasteiger partial charge is 0.269 e. The van der Waals surface area contributed by atoms with Crippen LogP contribution in [0.1, 0.15) is 31.2 Å². The molecule has 0 aromatic heterocycles. The van der Waals surface area contributed by atoms with Crippen LogP contribution in [0.5, 0.6) is 0 Å². The molecule has 2 aliphatic rings. The minimum atomic E-state index is -3.46. The Balaban J connectivity index is 1.68. The Labute approximate surface area is 123 Å². The van der Waals surface area contributed by atoms with Crippen LogP contribution in [0.4, 0.5) is 5.69 Å². The second kappa shape index (κ2) is 5.38. The third kappa shape index (κ3) is 3.24. The van der Waals surface area contributed by atoms with Crippen molar-refractivity contribution < 1.29 is 13.3 Å². The number of hydrogen-bond donors (Lipinski definition) is 1. The lowest BCUT2D eigenvalue weighted by molar-refractivity contribution is -0.384. The third-order valence-corrected chi connectivity index (χ3v) is 5.92. The molecule has 7 heteroatoms. The number of rotatable bonds is 5. The lowest BCUT2D eigenvalue weighted by Crippen LogP contribution is -2.39.